The Morgan fingerprint density at radius 2 is 1.88 bits per heavy atom. The van der Waals surface area contributed by atoms with E-state index in [1.54, 1.807) is 27.9 Å². The van der Waals surface area contributed by atoms with Gasteiger partial charge in [-0.3, -0.25) is 4.79 Å². The third-order valence-electron chi connectivity index (χ3n) is 2.60. The van der Waals surface area contributed by atoms with Crippen LogP contribution < -0.4 is 5.32 Å². The lowest BCUT2D eigenvalue weighted by Gasteiger charge is -2.27. The molecular formula is C12H23NO4. The molecule has 0 aliphatic carbocycles. The van der Waals surface area contributed by atoms with Gasteiger partial charge in [-0.2, -0.15) is 0 Å². The molecule has 0 radical (unpaired) electrons. The summed E-state index contributed by atoms with van der Waals surface area (Å²) in [6.45, 7) is 7.21. The third-order valence-corrected chi connectivity index (χ3v) is 2.60. The van der Waals surface area contributed by atoms with Crippen LogP contribution in [0.4, 0.5) is 0 Å². The molecule has 0 aromatic carbocycles. The van der Waals surface area contributed by atoms with Gasteiger partial charge in [-0.15, -0.1) is 0 Å². The fraction of sp³-hybridized carbons (Fsp3) is 0.833. The van der Waals surface area contributed by atoms with Crippen LogP contribution in [0, 0.1) is 5.41 Å². The predicted octanol–water partition coefficient (Wildman–Crippen LogP) is 1.42. The molecule has 0 saturated heterocycles. The van der Waals surface area contributed by atoms with Crippen LogP contribution in [-0.4, -0.2) is 36.2 Å². The highest BCUT2D eigenvalue weighted by Gasteiger charge is 2.32. The van der Waals surface area contributed by atoms with Gasteiger partial charge in [0.15, 0.2) is 0 Å². The normalized spacial score (nSPS) is 15.1. The minimum Gasteiger partial charge on any atom is -0.480 e. The first-order valence-electron chi connectivity index (χ1n) is 5.73. The number of carboxylic acids is 1. The second kappa shape index (κ2) is 6.59. The fourth-order valence-corrected chi connectivity index (χ4v) is 1.33. The average molecular weight is 245 g/mol. The van der Waals surface area contributed by atoms with Crippen molar-refractivity contribution >= 4 is 11.9 Å². The van der Waals surface area contributed by atoms with Crippen LogP contribution in [0.1, 0.15) is 40.5 Å². The molecule has 0 aliphatic rings. The summed E-state index contributed by atoms with van der Waals surface area (Å²) in [5.41, 5.74) is -0.506. The Morgan fingerprint density at radius 3 is 2.24 bits per heavy atom. The quantitative estimate of drug-likeness (QED) is 0.742. The van der Waals surface area contributed by atoms with Gasteiger partial charge >= 0.3 is 5.97 Å². The summed E-state index contributed by atoms with van der Waals surface area (Å²) < 4.78 is 5.02. The molecule has 100 valence electrons. The molecule has 0 fully saturated rings. The summed E-state index contributed by atoms with van der Waals surface area (Å²) in [6, 6.07) is -0.868. The lowest BCUT2D eigenvalue weighted by Crippen LogP contribution is -2.49. The summed E-state index contributed by atoms with van der Waals surface area (Å²) in [5, 5.41) is 11.6. The molecule has 0 heterocycles. The molecule has 0 saturated carbocycles. The predicted molar refractivity (Wildman–Crippen MR) is 64.7 cm³/mol. The summed E-state index contributed by atoms with van der Waals surface area (Å²) in [4.78, 5) is 22.6. The van der Waals surface area contributed by atoms with Gasteiger partial charge in [0.05, 0.1) is 6.10 Å². The van der Waals surface area contributed by atoms with Gasteiger partial charge in [-0.05, 0) is 18.8 Å². The number of rotatable bonds is 6. The zero-order valence-electron chi connectivity index (χ0n) is 11.2. The molecule has 17 heavy (non-hydrogen) atoms. The van der Waals surface area contributed by atoms with Gasteiger partial charge in [0.25, 0.3) is 0 Å². The molecule has 2 N–H and O–H groups in total. The molecule has 0 bridgehead atoms. The maximum absolute atomic E-state index is 11.6. The number of carboxylic acid groups (broad SMARTS) is 1. The van der Waals surface area contributed by atoms with Gasteiger partial charge in [0.2, 0.25) is 5.91 Å². The topological polar surface area (TPSA) is 75.6 Å². The Morgan fingerprint density at radius 1 is 1.35 bits per heavy atom. The third kappa shape index (κ3) is 6.26. The second-order valence-corrected chi connectivity index (χ2v) is 5.29. The number of hydrogen-bond donors (Lipinski definition) is 2. The van der Waals surface area contributed by atoms with E-state index in [2.05, 4.69) is 5.32 Å². The minimum absolute atomic E-state index is 0.00124. The van der Waals surface area contributed by atoms with E-state index in [0.29, 0.717) is 6.42 Å². The second-order valence-electron chi connectivity index (χ2n) is 5.29. The summed E-state index contributed by atoms with van der Waals surface area (Å²) in [5.74, 6) is -1.26. The molecule has 0 rings (SSSR count). The average Bonchev–Trinajstić information content (AvgIpc) is 2.20. The van der Waals surface area contributed by atoms with E-state index in [1.807, 2.05) is 6.92 Å². The molecule has 0 spiro atoms. The molecular weight excluding hydrogens is 222 g/mol. The van der Waals surface area contributed by atoms with E-state index >= 15 is 0 Å². The zero-order chi connectivity index (χ0) is 13.6. The highest BCUT2D eigenvalue weighted by atomic mass is 16.5. The van der Waals surface area contributed by atoms with Gasteiger partial charge in [0, 0.05) is 13.5 Å². The van der Waals surface area contributed by atoms with Crippen molar-refractivity contribution in [2.45, 2.75) is 52.7 Å². The van der Waals surface area contributed by atoms with E-state index in [9.17, 15) is 9.59 Å². The van der Waals surface area contributed by atoms with Crippen LogP contribution in [0.25, 0.3) is 0 Å². The molecule has 2 atom stereocenters. The van der Waals surface area contributed by atoms with Crippen LogP contribution in [0.15, 0.2) is 0 Å². The lowest BCUT2D eigenvalue weighted by atomic mass is 9.86. The van der Waals surface area contributed by atoms with Crippen molar-refractivity contribution < 1.29 is 19.4 Å². The van der Waals surface area contributed by atoms with Crippen LogP contribution in [0.3, 0.4) is 0 Å². The lowest BCUT2D eigenvalue weighted by molar-refractivity contribution is -0.145. The Hall–Kier alpha value is -1.10. The maximum Gasteiger partial charge on any atom is 0.326 e. The highest BCUT2D eigenvalue weighted by Crippen LogP contribution is 2.19. The number of carbonyl (C=O) groups excluding carboxylic acids is 1. The van der Waals surface area contributed by atoms with Crippen LogP contribution >= 0.6 is 0 Å². The first-order valence-corrected chi connectivity index (χ1v) is 5.73. The summed E-state index contributed by atoms with van der Waals surface area (Å²) in [7, 11) is 1.58. The van der Waals surface area contributed by atoms with Crippen molar-refractivity contribution in [3.63, 3.8) is 0 Å². The van der Waals surface area contributed by atoms with Crippen LogP contribution in [-0.2, 0) is 14.3 Å². The first kappa shape index (κ1) is 15.9. The zero-order valence-corrected chi connectivity index (χ0v) is 11.2. The van der Waals surface area contributed by atoms with E-state index in [4.69, 9.17) is 9.84 Å². The molecule has 0 aliphatic heterocycles. The summed E-state index contributed by atoms with van der Waals surface area (Å²) in [6.07, 6.45) is 0.854. The maximum atomic E-state index is 11.6. The number of carbonyl (C=O) groups is 2. The first-order chi connectivity index (χ1) is 7.68. The van der Waals surface area contributed by atoms with E-state index in [0.717, 1.165) is 0 Å². The number of hydrogen-bond acceptors (Lipinski definition) is 3. The number of ether oxygens (including phenoxy) is 1. The SMILES string of the molecule is COC(C)CCC(=O)N[C@@H](C(=O)O)C(C)(C)C. The van der Waals surface area contributed by atoms with Gasteiger partial charge in [-0.25, -0.2) is 4.79 Å². The van der Waals surface area contributed by atoms with Crippen molar-refractivity contribution in [1.29, 1.82) is 0 Å². The van der Waals surface area contributed by atoms with Crippen molar-refractivity contribution in [3.05, 3.63) is 0 Å². The minimum atomic E-state index is -1.01. The standard InChI is InChI=1S/C12H23NO4/c1-8(17-5)6-7-9(14)13-10(11(15)16)12(2,3)4/h8,10H,6-7H2,1-5H3,(H,13,14)(H,15,16)/t8?,10-/m0/s1. The van der Waals surface area contributed by atoms with E-state index < -0.39 is 17.4 Å². The monoisotopic (exact) mass is 245 g/mol. The van der Waals surface area contributed by atoms with Crippen molar-refractivity contribution in [3.8, 4) is 0 Å². The van der Waals surface area contributed by atoms with Gasteiger partial charge in [0.1, 0.15) is 6.04 Å². The molecule has 5 nitrogen and oxygen atoms in total. The molecule has 0 aromatic rings. The Balaban J connectivity index is 4.29. The Kier molecular flexibility index (Phi) is 6.16. The largest absolute Gasteiger partial charge is 0.480 e. The molecule has 1 unspecified atom stereocenters. The van der Waals surface area contributed by atoms with Crippen molar-refractivity contribution in [2.24, 2.45) is 5.41 Å². The molecule has 1 amide bonds. The van der Waals surface area contributed by atoms with E-state index in [1.165, 1.54) is 0 Å². The number of amides is 1. The van der Waals surface area contributed by atoms with Crippen LogP contribution in [0.2, 0.25) is 0 Å². The van der Waals surface area contributed by atoms with Crippen LogP contribution in [0.5, 0.6) is 0 Å². The fourth-order valence-electron chi connectivity index (χ4n) is 1.33. The molecule has 5 heteroatoms. The van der Waals surface area contributed by atoms with Crippen molar-refractivity contribution in [2.75, 3.05) is 7.11 Å². The van der Waals surface area contributed by atoms with Gasteiger partial charge in [-0.1, -0.05) is 20.8 Å². The Bertz CT molecular complexity index is 270. The van der Waals surface area contributed by atoms with Crippen molar-refractivity contribution in [1.82, 2.24) is 5.32 Å². The highest BCUT2D eigenvalue weighted by molar-refractivity contribution is 5.84. The smallest absolute Gasteiger partial charge is 0.326 e. The van der Waals surface area contributed by atoms with E-state index in [-0.39, 0.29) is 18.4 Å². The Labute approximate surface area is 103 Å². The summed E-state index contributed by atoms with van der Waals surface area (Å²) >= 11 is 0. The number of nitrogens with one attached hydrogen (secondary N) is 1. The molecule has 0 aromatic heterocycles. The number of methoxy groups -OCH3 is 1. The number of aliphatic carboxylic acids is 1. The van der Waals surface area contributed by atoms with Gasteiger partial charge < -0.3 is 15.2 Å².